The zero-order valence-corrected chi connectivity index (χ0v) is 11.4. The van der Waals surface area contributed by atoms with Gasteiger partial charge < -0.3 is 10.4 Å². The maximum atomic E-state index is 9.88. The van der Waals surface area contributed by atoms with Crippen molar-refractivity contribution in [3.05, 3.63) is 17.6 Å². The number of aryl methyl sites for hydroxylation is 2. The molecule has 0 spiro atoms. The third kappa shape index (κ3) is 5.63. The number of anilines is 1. The summed E-state index contributed by atoms with van der Waals surface area (Å²) in [7, 11) is 0. The van der Waals surface area contributed by atoms with E-state index in [1.165, 1.54) is 0 Å². The maximum absolute atomic E-state index is 9.88. The molecule has 0 aliphatic carbocycles. The van der Waals surface area contributed by atoms with Gasteiger partial charge in [0.1, 0.15) is 11.6 Å². The summed E-state index contributed by atoms with van der Waals surface area (Å²) < 4.78 is 0. The SMILES string of the molecule is Cc1cc(NCC(O)CC(C)(C)C)nc(C)n1. The number of aromatic nitrogens is 2. The van der Waals surface area contributed by atoms with Crippen molar-refractivity contribution in [3.63, 3.8) is 0 Å². The van der Waals surface area contributed by atoms with Crippen LogP contribution in [0.3, 0.4) is 0 Å². The van der Waals surface area contributed by atoms with Crippen LogP contribution in [-0.2, 0) is 0 Å². The average molecular weight is 237 g/mol. The normalized spacial score (nSPS) is 13.5. The number of hydrogen-bond donors (Lipinski definition) is 2. The molecule has 0 bridgehead atoms. The van der Waals surface area contributed by atoms with Gasteiger partial charge >= 0.3 is 0 Å². The van der Waals surface area contributed by atoms with Crippen molar-refractivity contribution in [1.29, 1.82) is 0 Å². The molecule has 0 saturated carbocycles. The van der Waals surface area contributed by atoms with Gasteiger partial charge in [-0.15, -0.1) is 0 Å². The number of nitrogens with zero attached hydrogens (tertiary/aromatic N) is 2. The second-order valence-electron chi connectivity index (χ2n) is 5.74. The first-order valence-corrected chi connectivity index (χ1v) is 6.00. The number of rotatable bonds is 4. The van der Waals surface area contributed by atoms with Crippen LogP contribution in [0.2, 0.25) is 0 Å². The van der Waals surface area contributed by atoms with Crippen LogP contribution in [0.25, 0.3) is 0 Å². The number of aliphatic hydroxyl groups is 1. The zero-order valence-electron chi connectivity index (χ0n) is 11.4. The molecule has 0 radical (unpaired) electrons. The van der Waals surface area contributed by atoms with Gasteiger partial charge in [0.25, 0.3) is 0 Å². The van der Waals surface area contributed by atoms with E-state index in [2.05, 4.69) is 36.1 Å². The van der Waals surface area contributed by atoms with Gasteiger partial charge in [-0.25, -0.2) is 9.97 Å². The van der Waals surface area contributed by atoms with Crippen molar-refractivity contribution in [2.24, 2.45) is 5.41 Å². The van der Waals surface area contributed by atoms with Crippen LogP contribution in [0.15, 0.2) is 6.07 Å². The summed E-state index contributed by atoms with van der Waals surface area (Å²) in [6, 6.07) is 1.89. The fourth-order valence-electron chi connectivity index (χ4n) is 1.81. The van der Waals surface area contributed by atoms with Crippen molar-refractivity contribution in [3.8, 4) is 0 Å². The summed E-state index contributed by atoms with van der Waals surface area (Å²) in [6.07, 6.45) is 0.411. The van der Waals surface area contributed by atoms with Crippen molar-refractivity contribution in [1.82, 2.24) is 9.97 Å². The van der Waals surface area contributed by atoms with Gasteiger partial charge in [-0.05, 0) is 25.7 Å². The van der Waals surface area contributed by atoms with E-state index in [0.717, 1.165) is 23.8 Å². The standard InChI is InChI=1S/C13H23N3O/c1-9-6-12(16-10(2)15-9)14-8-11(17)7-13(3,4)5/h6,11,17H,7-8H2,1-5H3,(H,14,15,16). The smallest absolute Gasteiger partial charge is 0.130 e. The lowest BCUT2D eigenvalue weighted by molar-refractivity contribution is 0.132. The van der Waals surface area contributed by atoms with Crippen molar-refractivity contribution >= 4 is 5.82 Å². The van der Waals surface area contributed by atoms with Crippen LogP contribution in [-0.4, -0.2) is 27.7 Å². The number of hydrogen-bond acceptors (Lipinski definition) is 4. The predicted octanol–water partition coefficient (Wildman–Crippen LogP) is 2.30. The Labute approximate surface area is 103 Å². The summed E-state index contributed by atoms with van der Waals surface area (Å²) in [5, 5.41) is 13.0. The molecule has 2 N–H and O–H groups in total. The van der Waals surface area contributed by atoms with E-state index < -0.39 is 0 Å². The zero-order chi connectivity index (χ0) is 13.1. The monoisotopic (exact) mass is 237 g/mol. The summed E-state index contributed by atoms with van der Waals surface area (Å²) in [5.74, 6) is 1.53. The van der Waals surface area contributed by atoms with E-state index in [-0.39, 0.29) is 11.5 Å². The Hall–Kier alpha value is -1.16. The lowest BCUT2D eigenvalue weighted by Gasteiger charge is -2.22. The molecule has 1 unspecified atom stereocenters. The van der Waals surface area contributed by atoms with Crippen LogP contribution in [0.1, 0.15) is 38.7 Å². The molecule has 4 nitrogen and oxygen atoms in total. The third-order valence-electron chi connectivity index (χ3n) is 2.33. The second kappa shape index (κ2) is 5.45. The molecule has 0 fully saturated rings. The molecule has 0 saturated heterocycles. The largest absolute Gasteiger partial charge is 0.391 e. The molecule has 1 heterocycles. The quantitative estimate of drug-likeness (QED) is 0.843. The second-order valence-corrected chi connectivity index (χ2v) is 5.74. The molecule has 0 aromatic carbocycles. The molecular formula is C13H23N3O. The first-order valence-electron chi connectivity index (χ1n) is 6.00. The lowest BCUT2D eigenvalue weighted by Crippen LogP contribution is -2.25. The van der Waals surface area contributed by atoms with Gasteiger partial charge in [0, 0.05) is 18.3 Å². The topological polar surface area (TPSA) is 58.0 Å². The average Bonchev–Trinajstić information content (AvgIpc) is 2.10. The Balaban J connectivity index is 2.50. The van der Waals surface area contributed by atoms with Crippen molar-refractivity contribution in [2.75, 3.05) is 11.9 Å². The highest BCUT2D eigenvalue weighted by Gasteiger charge is 2.16. The highest BCUT2D eigenvalue weighted by atomic mass is 16.3. The Morgan fingerprint density at radius 1 is 1.29 bits per heavy atom. The van der Waals surface area contributed by atoms with Crippen molar-refractivity contribution < 1.29 is 5.11 Å². The minimum Gasteiger partial charge on any atom is -0.391 e. The molecule has 0 aliphatic rings. The van der Waals surface area contributed by atoms with E-state index in [1.807, 2.05) is 19.9 Å². The van der Waals surface area contributed by atoms with Gasteiger partial charge in [-0.3, -0.25) is 0 Å². The highest BCUT2D eigenvalue weighted by Crippen LogP contribution is 2.20. The molecule has 17 heavy (non-hydrogen) atoms. The first kappa shape index (κ1) is 13.9. The summed E-state index contributed by atoms with van der Waals surface area (Å²) in [4.78, 5) is 8.48. The predicted molar refractivity (Wildman–Crippen MR) is 70.1 cm³/mol. The fraction of sp³-hybridized carbons (Fsp3) is 0.692. The third-order valence-corrected chi connectivity index (χ3v) is 2.33. The molecule has 0 amide bonds. The van der Waals surface area contributed by atoms with E-state index >= 15 is 0 Å². The minimum atomic E-state index is -0.356. The number of aliphatic hydroxyl groups excluding tert-OH is 1. The van der Waals surface area contributed by atoms with Crippen molar-refractivity contribution in [2.45, 2.75) is 47.1 Å². The molecule has 1 atom stereocenters. The van der Waals surface area contributed by atoms with Gasteiger partial charge in [-0.2, -0.15) is 0 Å². The molecule has 1 aromatic rings. The Morgan fingerprint density at radius 3 is 2.47 bits per heavy atom. The molecule has 1 rings (SSSR count). The Morgan fingerprint density at radius 2 is 1.94 bits per heavy atom. The minimum absolute atomic E-state index is 0.138. The lowest BCUT2D eigenvalue weighted by atomic mass is 9.89. The van der Waals surface area contributed by atoms with Crippen LogP contribution in [0, 0.1) is 19.3 Å². The maximum Gasteiger partial charge on any atom is 0.130 e. The Bertz CT molecular complexity index is 351. The van der Waals surface area contributed by atoms with E-state index in [0.29, 0.717) is 6.54 Å². The fourth-order valence-corrected chi connectivity index (χ4v) is 1.81. The van der Waals surface area contributed by atoms with Gasteiger partial charge in [-0.1, -0.05) is 20.8 Å². The number of nitrogens with one attached hydrogen (secondary N) is 1. The van der Waals surface area contributed by atoms with Gasteiger partial charge in [0.15, 0.2) is 0 Å². The molecular weight excluding hydrogens is 214 g/mol. The Kier molecular flexibility index (Phi) is 4.46. The summed E-state index contributed by atoms with van der Waals surface area (Å²) >= 11 is 0. The van der Waals surface area contributed by atoms with E-state index in [4.69, 9.17) is 0 Å². The van der Waals surface area contributed by atoms with Gasteiger partial charge in [0.2, 0.25) is 0 Å². The summed E-state index contributed by atoms with van der Waals surface area (Å²) in [6.45, 7) is 10.7. The van der Waals surface area contributed by atoms with Crippen LogP contribution in [0.5, 0.6) is 0 Å². The molecule has 96 valence electrons. The highest BCUT2D eigenvalue weighted by molar-refractivity contribution is 5.35. The molecule has 0 aliphatic heterocycles. The molecule has 4 heteroatoms. The molecule has 1 aromatic heterocycles. The van der Waals surface area contributed by atoms with Crippen LogP contribution in [0.4, 0.5) is 5.82 Å². The van der Waals surface area contributed by atoms with Gasteiger partial charge in [0.05, 0.1) is 6.10 Å². The van der Waals surface area contributed by atoms with Crippen LogP contribution >= 0.6 is 0 Å². The van der Waals surface area contributed by atoms with E-state index in [1.54, 1.807) is 0 Å². The summed E-state index contributed by atoms with van der Waals surface area (Å²) in [5.41, 5.74) is 1.07. The van der Waals surface area contributed by atoms with Crippen LogP contribution < -0.4 is 5.32 Å². The van der Waals surface area contributed by atoms with E-state index in [9.17, 15) is 5.11 Å². The first-order chi connectivity index (χ1) is 7.76.